The summed E-state index contributed by atoms with van der Waals surface area (Å²) in [6.45, 7) is 4.29. The molecular formula is C46H73NO7. The van der Waals surface area contributed by atoms with Crippen molar-refractivity contribution in [3.8, 4) is 0 Å². The highest BCUT2D eigenvalue weighted by molar-refractivity contribution is 5.70. The van der Waals surface area contributed by atoms with Gasteiger partial charge in [0.05, 0.1) is 40.3 Å². The summed E-state index contributed by atoms with van der Waals surface area (Å²) < 4.78 is 17.0. The van der Waals surface area contributed by atoms with Gasteiger partial charge in [-0.3, -0.25) is 9.59 Å². The normalized spacial score (nSPS) is 14.0. The molecule has 0 heterocycles. The van der Waals surface area contributed by atoms with Crippen LogP contribution in [0.3, 0.4) is 0 Å². The number of carboxylic acid groups (broad SMARTS) is 1. The van der Waals surface area contributed by atoms with Crippen LogP contribution >= 0.6 is 0 Å². The summed E-state index contributed by atoms with van der Waals surface area (Å²) >= 11 is 0. The van der Waals surface area contributed by atoms with Gasteiger partial charge in [-0.1, -0.05) is 124 Å². The molecule has 0 aliphatic rings. The second-order valence-electron chi connectivity index (χ2n) is 14.1. The van der Waals surface area contributed by atoms with Crippen LogP contribution in [0.5, 0.6) is 0 Å². The molecule has 0 N–H and O–H groups in total. The van der Waals surface area contributed by atoms with E-state index in [1.54, 1.807) is 21.1 Å². The lowest BCUT2D eigenvalue weighted by molar-refractivity contribution is -0.889. The number of nitrogens with zero attached hydrogens (tertiary/aromatic N) is 1. The van der Waals surface area contributed by atoms with Crippen molar-refractivity contribution in [1.29, 1.82) is 0 Å². The predicted molar refractivity (Wildman–Crippen MR) is 221 cm³/mol. The van der Waals surface area contributed by atoms with Gasteiger partial charge in [0, 0.05) is 19.3 Å². The van der Waals surface area contributed by atoms with Crippen LogP contribution in [0.2, 0.25) is 0 Å². The number of likely N-dealkylation sites (N-methyl/N-ethyl adjacent to an activating group) is 1. The van der Waals surface area contributed by atoms with Gasteiger partial charge in [0.25, 0.3) is 0 Å². The molecule has 0 amide bonds. The van der Waals surface area contributed by atoms with Gasteiger partial charge in [-0.05, 0) is 77.0 Å². The summed E-state index contributed by atoms with van der Waals surface area (Å²) in [6, 6.07) is -0.745. The Balaban J connectivity index is 4.55. The lowest BCUT2D eigenvalue weighted by atomic mass is 10.1. The summed E-state index contributed by atoms with van der Waals surface area (Å²) in [5.41, 5.74) is 0. The van der Waals surface area contributed by atoms with Crippen molar-refractivity contribution in [1.82, 2.24) is 0 Å². The molecule has 2 unspecified atom stereocenters. The maximum atomic E-state index is 12.7. The molecule has 0 fully saturated rings. The summed E-state index contributed by atoms with van der Waals surface area (Å²) in [7, 11) is 5.36. The Kier molecular flexibility index (Phi) is 33.7. The first-order valence-corrected chi connectivity index (χ1v) is 20.3. The quantitative estimate of drug-likeness (QED) is 0.0280. The lowest BCUT2D eigenvalue weighted by Crippen LogP contribution is -2.55. The van der Waals surface area contributed by atoms with E-state index in [1.165, 1.54) is 0 Å². The number of carbonyl (C=O) groups excluding carboxylic acids is 3. The van der Waals surface area contributed by atoms with E-state index in [1.807, 2.05) is 12.2 Å². The van der Waals surface area contributed by atoms with Gasteiger partial charge in [0.1, 0.15) is 12.6 Å². The number of ether oxygens (including phenoxy) is 3. The van der Waals surface area contributed by atoms with Crippen molar-refractivity contribution in [2.75, 3.05) is 41.0 Å². The molecule has 304 valence electrons. The van der Waals surface area contributed by atoms with Crippen molar-refractivity contribution in [2.45, 2.75) is 135 Å². The van der Waals surface area contributed by atoms with Gasteiger partial charge in [-0.2, -0.15) is 0 Å². The van der Waals surface area contributed by atoms with Gasteiger partial charge in [-0.15, -0.1) is 0 Å². The Labute approximate surface area is 328 Å². The second kappa shape index (κ2) is 36.2. The Morgan fingerprint density at radius 3 is 1.50 bits per heavy atom. The van der Waals surface area contributed by atoms with E-state index in [4.69, 9.17) is 14.2 Å². The Morgan fingerprint density at radius 2 is 1.02 bits per heavy atom. The zero-order valence-electron chi connectivity index (χ0n) is 34.3. The monoisotopic (exact) mass is 752 g/mol. The van der Waals surface area contributed by atoms with Crippen LogP contribution in [0.1, 0.15) is 123 Å². The van der Waals surface area contributed by atoms with Crippen LogP contribution in [0.15, 0.2) is 97.2 Å². The summed E-state index contributed by atoms with van der Waals surface area (Å²) in [6.07, 6.45) is 47.3. The first-order chi connectivity index (χ1) is 26.1. The van der Waals surface area contributed by atoms with Crippen LogP contribution in [-0.4, -0.2) is 75.5 Å². The minimum absolute atomic E-state index is 0.00165. The predicted octanol–water partition coefficient (Wildman–Crippen LogP) is 9.40. The van der Waals surface area contributed by atoms with Crippen molar-refractivity contribution in [3.05, 3.63) is 97.2 Å². The average Bonchev–Trinajstić information content (AvgIpc) is 3.12. The van der Waals surface area contributed by atoms with Gasteiger partial charge in [-0.25, -0.2) is 0 Å². The SMILES string of the molecule is CC/C=C\C/C=C\C/C=C\C/C=C\CCCCCCC(=O)OC(COCCC(C(=O)[O-])[N+](C)(C)C)COC(=O)CC/C=C\C/C=C\C/C=C\C/C=C\CC. The number of allylic oxidation sites excluding steroid dienone is 16. The fourth-order valence-corrected chi connectivity index (χ4v) is 5.13. The number of esters is 2. The zero-order valence-corrected chi connectivity index (χ0v) is 34.3. The van der Waals surface area contributed by atoms with Gasteiger partial charge >= 0.3 is 11.9 Å². The molecule has 0 aromatic rings. The minimum Gasteiger partial charge on any atom is -0.544 e. The van der Waals surface area contributed by atoms with Crippen molar-refractivity contribution in [3.63, 3.8) is 0 Å². The fraction of sp³-hybridized carbons (Fsp3) is 0.587. The maximum Gasteiger partial charge on any atom is 0.306 e. The second-order valence-corrected chi connectivity index (χ2v) is 14.1. The summed E-state index contributed by atoms with van der Waals surface area (Å²) in [5, 5.41) is 11.6. The number of rotatable bonds is 34. The molecule has 8 nitrogen and oxygen atoms in total. The smallest absolute Gasteiger partial charge is 0.306 e. The van der Waals surface area contributed by atoms with E-state index in [9.17, 15) is 19.5 Å². The van der Waals surface area contributed by atoms with Crippen molar-refractivity contribution in [2.24, 2.45) is 0 Å². The van der Waals surface area contributed by atoms with Crippen LogP contribution < -0.4 is 5.11 Å². The standard InChI is InChI=1S/C46H73NO7/c1-6-8-10-12-14-16-18-20-21-22-23-25-27-29-31-33-35-37-45(49)54-42(40-52-39-38-43(46(50)51)47(3,4)5)41-53-44(48)36-34-32-30-28-26-24-19-17-15-13-11-9-7-2/h8-11,14-17,20-21,23-26,30,32,42-43H,6-7,12-13,18-19,22,27-29,31,33-41H2,1-5H3/b10-8-,11-9-,16-14-,17-15-,21-20-,25-23-,26-24-,32-30-. The van der Waals surface area contributed by atoms with Gasteiger partial charge in [0.2, 0.25) is 0 Å². The zero-order chi connectivity index (χ0) is 40.0. The molecule has 0 radical (unpaired) electrons. The highest BCUT2D eigenvalue weighted by Crippen LogP contribution is 2.11. The Morgan fingerprint density at radius 1 is 0.556 bits per heavy atom. The molecule has 0 saturated carbocycles. The molecule has 0 bridgehead atoms. The Bertz CT molecular complexity index is 1200. The molecule has 2 atom stereocenters. The molecule has 0 saturated heterocycles. The summed E-state index contributed by atoms with van der Waals surface area (Å²) in [5.74, 6) is -1.89. The van der Waals surface area contributed by atoms with E-state index < -0.39 is 18.1 Å². The third kappa shape index (κ3) is 34.0. The van der Waals surface area contributed by atoms with Crippen LogP contribution in [0, 0.1) is 0 Å². The van der Waals surface area contributed by atoms with Crippen LogP contribution in [-0.2, 0) is 28.6 Å². The molecule has 0 aliphatic carbocycles. The van der Waals surface area contributed by atoms with E-state index in [0.29, 0.717) is 12.8 Å². The van der Waals surface area contributed by atoms with Gasteiger partial charge < -0.3 is 28.6 Å². The lowest BCUT2D eigenvalue weighted by Gasteiger charge is -2.34. The molecular weight excluding hydrogens is 679 g/mol. The van der Waals surface area contributed by atoms with E-state index >= 15 is 0 Å². The van der Waals surface area contributed by atoms with Crippen molar-refractivity contribution >= 4 is 17.9 Å². The molecule has 0 aromatic carbocycles. The van der Waals surface area contributed by atoms with E-state index in [0.717, 1.165) is 77.0 Å². The highest BCUT2D eigenvalue weighted by atomic mass is 16.6. The summed E-state index contributed by atoms with van der Waals surface area (Å²) in [4.78, 5) is 36.7. The molecule has 0 rings (SSSR count). The number of aliphatic carboxylic acids is 1. The molecule has 0 aromatic heterocycles. The molecule has 0 spiro atoms. The fourth-order valence-electron chi connectivity index (χ4n) is 5.13. The largest absolute Gasteiger partial charge is 0.544 e. The Hall–Kier alpha value is -3.75. The van der Waals surface area contributed by atoms with Crippen molar-refractivity contribution < 1.29 is 38.2 Å². The number of hydrogen-bond donors (Lipinski definition) is 0. The number of carbonyl (C=O) groups is 3. The minimum atomic E-state index is -1.14. The third-order valence-electron chi connectivity index (χ3n) is 8.23. The van der Waals surface area contributed by atoms with E-state index in [2.05, 4.69) is 98.9 Å². The maximum absolute atomic E-state index is 12.7. The van der Waals surface area contributed by atoms with Crippen LogP contribution in [0.4, 0.5) is 0 Å². The molecule has 54 heavy (non-hydrogen) atoms. The number of unbranched alkanes of at least 4 members (excludes halogenated alkanes) is 4. The third-order valence-corrected chi connectivity index (χ3v) is 8.23. The molecule has 0 aliphatic heterocycles. The number of carboxylic acids is 1. The van der Waals surface area contributed by atoms with E-state index in [-0.39, 0.29) is 55.5 Å². The first-order valence-electron chi connectivity index (χ1n) is 20.3. The average molecular weight is 752 g/mol. The number of hydrogen-bond acceptors (Lipinski definition) is 7. The van der Waals surface area contributed by atoms with Crippen LogP contribution in [0.25, 0.3) is 0 Å². The molecule has 8 heteroatoms. The number of quaternary nitrogens is 1. The first kappa shape index (κ1) is 50.2. The van der Waals surface area contributed by atoms with Gasteiger partial charge in [0.15, 0.2) is 6.10 Å². The highest BCUT2D eigenvalue weighted by Gasteiger charge is 2.25. The topological polar surface area (TPSA) is 102 Å².